The van der Waals surface area contributed by atoms with E-state index >= 15 is 4.39 Å². The first-order valence-corrected chi connectivity index (χ1v) is 20.5. The Kier molecular flexibility index (Phi) is 13.8. The van der Waals surface area contributed by atoms with Gasteiger partial charge in [0.05, 0.1) is 28.8 Å². The Morgan fingerprint density at radius 3 is 2.00 bits per heavy atom. The monoisotopic (exact) mass is 713 g/mol. The minimum Gasteiger partial charge on any atom is -0.477 e. The summed E-state index contributed by atoms with van der Waals surface area (Å²) in [5.74, 6) is -0.667. The molecule has 2 aromatic carbocycles. The Morgan fingerprint density at radius 1 is 0.808 bits per heavy atom. The molecule has 1 saturated heterocycles. The maximum Gasteiger partial charge on any atom is 0.341 e. The summed E-state index contributed by atoms with van der Waals surface area (Å²) in [5, 5.41) is 9.72. The van der Waals surface area contributed by atoms with Gasteiger partial charge in [0.1, 0.15) is 17.2 Å². The van der Waals surface area contributed by atoms with Gasteiger partial charge in [-0.1, -0.05) is 115 Å². The number of aryl methyl sites for hydroxylation is 1. The van der Waals surface area contributed by atoms with E-state index in [9.17, 15) is 14.7 Å². The van der Waals surface area contributed by atoms with Gasteiger partial charge in [-0.3, -0.25) is 9.69 Å². The van der Waals surface area contributed by atoms with E-state index in [0.717, 1.165) is 56.8 Å². The fraction of sp³-hybridized carbons (Fsp3) is 0.605. The van der Waals surface area contributed by atoms with Crippen molar-refractivity contribution in [2.45, 2.75) is 142 Å². The molecule has 52 heavy (non-hydrogen) atoms. The van der Waals surface area contributed by atoms with Crippen LogP contribution in [-0.2, 0) is 13.1 Å². The molecule has 1 aliphatic carbocycles. The maximum atomic E-state index is 15.6. The van der Waals surface area contributed by atoms with Gasteiger partial charge in [0, 0.05) is 50.3 Å². The van der Waals surface area contributed by atoms with E-state index in [4.69, 9.17) is 4.98 Å². The fourth-order valence-electron chi connectivity index (χ4n) is 8.07. The van der Waals surface area contributed by atoms with E-state index in [1.807, 2.05) is 4.57 Å². The Morgan fingerprint density at radius 2 is 1.40 bits per heavy atom. The highest BCUT2D eigenvalue weighted by atomic mass is 19.1. The summed E-state index contributed by atoms with van der Waals surface area (Å²) in [6, 6.07) is 11.6. The number of aromatic nitrogens is 3. The Balaban J connectivity index is 0.963. The number of carboxylic acids is 1. The summed E-state index contributed by atoms with van der Waals surface area (Å²) in [6.07, 6.45) is 25.1. The van der Waals surface area contributed by atoms with Crippen LogP contribution in [0.5, 0.6) is 0 Å². The number of imidazole rings is 1. The van der Waals surface area contributed by atoms with Crippen molar-refractivity contribution in [2.24, 2.45) is 0 Å². The molecular formula is C43H60FN5O3. The number of rotatable bonds is 22. The quantitative estimate of drug-likeness (QED) is 0.0817. The van der Waals surface area contributed by atoms with E-state index in [-0.39, 0.29) is 17.0 Å². The van der Waals surface area contributed by atoms with E-state index in [1.54, 1.807) is 6.07 Å². The van der Waals surface area contributed by atoms with Crippen molar-refractivity contribution in [3.8, 4) is 0 Å². The van der Waals surface area contributed by atoms with Gasteiger partial charge >= 0.3 is 5.97 Å². The third kappa shape index (κ3) is 9.82. The van der Waals surface area contributed by atoms with Gasteiger partial charge in [-0.25, -0.2) is 14.2 Å². The van der Waals surface area contributed by atoms with Crippen LogP contribution in [0, 0.1) is 5.82 Å². The lowest BCUT2D eigenvalue weighted by molar-refractivity contribution is 0.0694. The Hall–Kier alpha value is -3.72. The van der Waals surface area contributed by atoms with Crippen LogP contribution in [-0.4, -0.2) is 56.3 Å². The third-order valence-corrected chi connectivity index (χ3v) is 11.3. The van der Waals surface area contributed by atoms with Crippen LogP contribution in [0.2, 0.25) is 0 Å². The molecule has 2 aromatic heterocycles. The second-order valence-electron chi connectivity index (χ2n) is 15.4. The van der Waals surface area contributed by atoms with Gasteiger partial charge in [-0.2, -0.15) is 0 Å². The highest BCUT2D eigenvalue weighted by Gasteiger charge is 2.29. The van der Waals surface area contributed by atoms with Crippen LogP contribution in [0.3, 0.4) is 0 Å². The second-order valence-corrected chi connectivity index (χ2v) is 15.4. The lowest BCUT2D eigenvalue weighted by Gasteiger charge is -2.36. The summed E-state index contributed by atoms with van der Waals surface area (Å²) >= 11 is 0. The summed E-state index contributed by atoms with van der Waals surface area (Å²) in [7, 11) is 0. The van der Waals surface area contributed by atoms with E-state index < -0.39 is 17.2 Å². The first-order chi connectivity index (χ1) is 25.4. The van der Waals surface area contributed by atoms with Crippen LogP contribution in [0.25, 0.3) is 21.9 Å². The van der Waals surface area contributed by atoms with Crippen LogP contribution in [0.1, 0.15) is 145 Å². The molecule has 8 nitrogen and oxygen atoms in total. The molecule has 0 spiro atoms. The number of aromatic carboxylic acids is 1. The van der Waals surface area contributed by atoms with Gasteiger partial charge in [-0.05, 0) is 43.5 Å². The summed E-state index contributed by atoms with van der Waals surface area (Å²) in [6.45, 7) is 6.86. The molecule has 0 amide bonds. The average Bonchev–Trinajstić information content (AvgIpc) is 3.93. The van der Waals surface area contributed by atoms with Gasteiger partial charge in [-0.15, -0.1) is 0 Å². The molecule has 1 saturated carbocycles. The zero-order valence-electron chi connectivity index (χ0n) is 31.5. The van der Waals surface area contributed by atoms with E-state index in [2.05, 4.69) is 45.6 Å². The number of hydrogen-bond acceptors (Lipinski definition) is 5. The molecule has 2 fully saturated rings. The number of halogens is 1. The molecule has 0 unspecified atom stereocenters. The number of carbonyl (C=O) groups is 1. The van der Waals surface area contributed by atoms with Gasteiger partial charge < -0.3 is 19.1 Å². The molecule has 1 N–H and O–H groups in total. The second kappa shape index (κ2) is 18.9. The average molecular weight is 714 g/mol. The maximum absolute atomic E-state index is 15.6. The number of para-hydroxylation sites is 2. The minimum atomic E-state index is -1.28. The molecule has 1 aliphatic heterocycles. The summed E-state index contributed by atoms with van der Waals surface area (Å²) in [5.41, 5.74) is 2.39. The van der Waals surface area contributed by atoms with E-state index in [1.165, 1.54) is 114 Å². The predicted molar refractivity (Wildman–Crippen MR) is 210 cm³/mol. The topological polar surface area (TPSA) is 83.6 Å². The van der Waals surface area contributed by atoms with Crippen molar-refractivity contribution in [3.63, 3.8) is 0 Å². The van der Waals surface area contributed by atoms with Crippen LogP contribution in [0.4, 0.5) is 10.1 Å². The van der Waals surface area contributed by atoms with Gasteiger partial charge in [0.15, 0.2) is 0 Å². The molecule has 0 radical (unpaired) electrons. The molecule has 9 heteroatoms. The molecule has 282 valence electrons. The Labute approximate surface area is 309 Å². The number of hydrogen-bond donors (Lipinski definition) is 1. The van der Waals surface area contributed by atoms with Crippen molar-refractivity contribution in [1.29, 1.82) is 0 Å². The number of unbranched alkanes of at least 4 members (excludes halogenated alkanes) is 15. The molecule has 4 aromatic rings. The van der Waals surface area contributed by atoms with Crippen molar-refractivity contribution in [3.05, 3.63) is 70.0 Å². The van der Waals surface area contributed by atoms with Crippen molar-refractivity contribution >= 4 is 33.6 Å². The largest absolute Gasteiger partial charge is 0.477 e. The first-order valence-electron chi connectivity index (χ1n) is 20.5. The standard InChI is InChI=1S/C43H60FN5O3/c1-2-3-4-5-6-7-8-9-10-11-12-13-14-15-16-19-24-48-38-21-18-17-20-37(38)45-41(48)32-46-25-27-47(28-26-46)40-30-39-34(29-36(40)44)42(50)35(43(51)52)31-49(39)33-22-23-33/h17-18,20-21,29-31,33H,2-16,19,22-28,32H2,1H3,(H,51,52). The normalized spacial score (nSPS) is 15.3. The molecular weight excluding hydrogens is 654 g/mol. The highest BCUT2D eigenvalue weighted by Crippen LogP contribution is 2.38. The SMILES string of the molecule is CCCCCCCCCCCCCCCCCCn1c(CN2CCN(c3cc4c(cc3F)c(=O)c(C(=O)O)cn4C3CC3)CC2)nc2ccccc21. The first kappa shape index (κ1) is 38.0. The number of benzene rings is 2. The van der Waals surface area contributed by atoms with Crippen molar-refractivity contribution in [2.75, 3.05) is 31.1 Å². The summed E-state index contributed by atoms with van der Waals surface area (Å²) in [4.78, 5) is 34.2. The third-order valence-electron chi connectivity index (χ3n) is 11.3. The number of anilines is 1. The number of nitrogens with zero attached hydrogens (tertiary/aromatic N) is 5. The Bertz CT molecular complexity index is 1820. The number of carboxylic acid groups (broad SMARTS) is 1. The molecule has 0 atom stereocenters. The molecule has 3 heterocycles. The smallest absolute Gasteiger partial charge is 0.341 e. The van der Waals surface area contributed by atoms with Crippen LogP contribution >= 0.6 is 0 Å². The lowest BCUT2D eigenvalue weighted by Crippen LogP contribution is -2.46. The van der Waals surface area contributed by atoms with Gasteiger partial charge in [0.25, 0.3) is 0 Å². The number of fused-ring (bicyclic) bond motifs is 2. The van der Waals surface area contributed by atoms with Crippen molar-refractivity contribution in [1.82, 2.24) is 19.0 Å². The zero-order chi connectivity index (χ0) is 36.3. The highest BCUT2D eigenvalue weighted by molar-refractivity contribution is 5.93. The van der Waals surface area contributed by atoms with Crippen molar-refractivity contribution < 1.29 is 14.3 Å². The molecule has 0 bridgehead atoms. The van der Waals surface area contributed by atoms with Gasteiger partial charge in [0.2, 0.25) is 5.43 Å². The van der Waals surface area contributed by atoms with Crippen LogP contribution in [0.15, 0.2) is 47.4 Å². The predicted octanol–water partition coefficient (Wildman–Crippen LogP) is 10.1. The van der Waals surface area contributed by atoms with Crippen LogP contribution < -0.4 is 10.3 Å². The number of pyridine rings is 1. The van der Waals surface area contributed by atoms with E-state index in [0.29, 0.717) is 24.3 Å². The minimum absolute atomic E-state index is 0.134. The molecule has 2 aliphatic rings. The zero-order valence-corrected chi connectivity index (χ0v) is 31.5. The lowest BCUT2D eigenvalue weighted by atomic mass is 10.0. The fourth-order valence-corrected chi connectivity index (χ4v) is 8.07. The molecule has 6 rings (SSSR count). The summed E-state index contributed by atoms with van der Waals surface area (Å²) < 4.78 is 19.8. The number of piperazine rings is 1.